The third-order valence-electron chi connectivity index (χ3n) is 2.21. The van der Waals surface area contributed by atoms with Crippen molar-refractivity contribution in [3.05, 3.63) is 59.4 Å². The van der Waals surface area contributed by atoms with Crippen LogP contribution in [0, 0.1) is 5.82 Å². The van der Waals surface area contributed by atoms with Crippen LogP contribution in [0.25, 0.3) is 0 Å². The molecule has 2 heterocycles. The van der Waals surface area contributed by atoms with Gasteiger partial charge in [-0.15, -0.1) is 0 Å². The van der Waals surface area contributed by atoms with Crippen LogP contribution in [0.15, 0.2) is 36.7 Å². The number of nitrogens with zero attached hydrogens (tertiary/aromatic N) is 2. The average molecular weight is 232 g/mol. The summed E-state index contributed by atoms with van der Waals surface area (Å²) in [5.41, 5.74) is 0.986. The van der Waals surface area contributed by atoms with Gasteiger partial charge in [-0.1, -0.05) is 0 Å². The Kier molecular flexibility index (Phi) is 3.20. The van der Waals surface area contributed by atoms with Crippen LogP contribution in [0.2, 0.25) is 0 Å². The van der Waals surface area contributed by atoms with Crippen LogP contribution >= 0.6 is 0 Å². The monoisotopic (exact) mass is 232 g/mol. The van der Waals surface area contributed by atoms with Gasteiger partial charge in [-0.3, -0.25) is 9.78 Å². The Balaban J connectivity index is 2.27. The highest BCUT2D eigenvalue weighted by Gasteiger charge is 2.10. The Hall–Kier alpha value is -2.14. The molecule has 2 aromatic rings. The molecule has 0 aliphatic heterocycles. The number of hydrogen-bond acceptors (Lipinski definition) is 4. The minimum absolute atomic E-state index is 0.157. The van der Waals surface area contributed by atoms with E-state index in [4.69, 9.17) is 5.11 Å². The lowest BCUT2D eigenvalue weighted by molar-refractivity contribution is 0.103. The Morgan fingerprint density at radius 1 is 1.18 bits per heavy atom. The number of aromatic nitrogens is 2. The molecule has 0 saturated carbocycles. The van der Waals surface area contributed by atoms with Crippen LogP contribution in [-0.2, 0) is 6.61 Å². The van der Waals surface area contributed by atoms with E-state index in [1.807, 2.05) is 0 Å². The van der Waals surface area contributed by atoms with Crippen LogP contribution in [-0.4, -0.2) is 20.9 Å². The van der Waals surface area contributed by atoms with Crippen molar-refractivity contribution in [2.24, 2.45) is 0 Å². The predicted octanol–water partition coefficient (Wildman–Crippen LogP) is 1.34. The van der Waals surface area contributed by atoms with Crippen molar-refractivity contribution in [1.29, 1.82) is 0 Å². The fraction of sp³-hybridized carbons (Fsp3) is 0.0833. The van der Waals surface area contributed by atoms with Gasteiger partial charge in [0, 0.05) is 11.8 Å². The lowest BCUT2D eigenvalue weighted by atomic mass is 10.1. The van der Waals surface area contributed by atoms with E-state index < -0.39 is 5.82 Å². The molecule has 4 nitrogen and oxygen atoms in total. The number of pyridine rings is 2. The molecule has 0 saturated heterocycles. The molecule has 0 aliphatic rings. The molecule has 0 atom stereocenters. The molecule has 0 spiro atoms. The first-order valence-corrected chi connectivity index (χ1v) is 4.93. The molecule has 0 aromatic carbocycles. The van der Waals surface area contributed by atoms with Gasteiger partial charge >= 0.3 is 0 Å². The molecule has 2 aromatic heterocycles. The number of aliphatic hydroxyl groups is 1. The van der Waals surface area contributed by atoms with Crippen molar-refractivity contribution in [2.45, 2.75) is 6.61 Å². The normalized spacial score (nSPS) is 10.2. The minimum Gasteiger partial charge on any atom is -0.390 e. The molecule has 0 unspecified atom stereocenters. The predicted molar refractivity (Wildman–Crippen MR) is 57.8 cm³/mol. The van der Waals surface area contributed by atoms with E-state index in [0.29, 0.717) is 11.3 Å². The zero-order valence-electron chi connectivity index (χ0n) is 8.80. The van der Waals surface area contributed by atoms with E-state index in [1.165, 1.54) is 18.3 Å². The zero-order chi connectivity index (χ0) is 12.3. The fourth-order valence-electron chi connectivity index (χ4n) is 1.31. The van der Waals surface area contributed by atoms with E-state index in [-0.39, 0.29) is 18.1 Å². The lowest BCUT2D eigenvalue weighted by Crippen LogP contribution is -2.05. The molecule has 5 heteroatoms. The smallest absolute Gasteiger partial charge is 0.212 e. The van der Waals surface area contributed by atoms with Gasteiger partial charge in [0.05, 0.1) is 18.5 Å². The van der Waals surface area contributed by atoms with Crippen molar-refractivity contribution in [3.63, 3.8) is 0 Å². The molecule has 0 aliphatic carbocycles. The van der Waals surface area contributed by atoms with Gasteiger partial charge in [0.15, 0.2) is 0 Å². The first-order chi connectivity index (χ1) is 8.20. The summed E-state index contributed by atoms with van der Waals surface area (Å²) >= 11 is 0. The molecule has 0 radical (unpaired) electrons. The molecule has 17 heavy (non-hydrogen) atoms. The standard InChI is InChI=1S/C12H9FN2O2/c13-9-2-4-11(15-6-9)12(17)8-1-3-10(7-16)14-5-8/h1-6,16H,7H2. The second kappa shape index (κ2) is 4.80. The Labute approximate surface area is 96.8 Å². The van der Waals surface area contributed by atoms with Gasteiger partial charge in [0.2, 0.25) is 5.78 Å². The van der Waals surface area contributed by atoms with Crippen LogP contribution in [0.1, 0.15) is 21.7 Å². The largest absolute Gasteiger partial charge is 0.390 e. The number of rotatable bonds is 3. The molecular formula is C12H9FN2O2. The first-order valence-electron chi connectivity index (χ1n) is 4.93. The van der Waals surface area contributed by atoms with Gasteiger partial charge in [-0.05, 0) is 24.3 Å². The third kappa shape index (κ3) is 2.51. The number of halogens is 1. The number of hydrogen-bond donors (Lipinski definition) is 1. The van der Waals surface area contributed by atoms with Crippen LogP contribution in [0.4, 0.5) is 4.39 Å². The van der Waals surface area contributed by atoms with Gasteiger partial charge in [0.1, 0.15) is 11.5 Å². The maximum atomic E-state index is 12.6. The van der Waals surface area contributed by atoms with E-state index in [9.17, 15) is 9.18 Å². The summed E-state index contributed by atoms with van der Waals surface area (Å²) in [5, 5.41) is 8.81. The molecule has 86 valence electrons. The summed E-state index contributed by atoms with van der Waals surface area (Å²) in [7, 11) is 0. The number of ketones is 1. The Morgan fingerprint density at radius 2 is 2.00 bits per heavy atom. The summed E-state index contributed by atoms with van der Waals surface area (Å²) in [6, 6.07) is 5.59. The summed E-state index contributed by atoms with van der Waals surface area (Å²) in [6.07, 6.45) is 2.35. The molecule has 1 N–H and O–H groups in total. The lowest BCUT2D eigenvalue weighted by Gasteiger charge is -2.01. The van der Waals surface area contributed by atoms with Crippen LogP contribution in [0.5, 0.6) is 0 Å². The maximum Gasteiger partial charge on any atom is 0.212 e. The van der Waals surface area contributed by atoms with Crippen LogP contribution < -0.4 is 0 Å². The zero-order valence-corrected chi connectivity index (χ0v) is 8.80. The van der Waals surface area contributed by atoms with Crippen molar-refractivity contribution in [3.8, 4) is 0 Å². The van der Waals surface area contributed by atoms with E-state index >= 15 is 0 Å². The molecule has 0 bridgehead atoms. The fourth-order valence-corrected chi connectivity index (χ4v) is 1.31. The number of carbonyl (C=O) groups excluding carboxylic acids is 1. The van der Waals surface area contributed by atoms with E-state index in [0.717, 1.165) is 6.20 Å². The molecular weight excluding hydrogens is 223 g/mol. The average Bonchev–Trinajstić information content (AvgIpc) is 2.39. The highest BCUT2D eigenvalue weighted by Crippen LogP contribution is 2.08. The highest BCUT2D eigenvalue weighted by molar-refractivity contribution is 6.07. The van der Waals surface area contributed by atoms with Crippen molar-refractivity contribution in [1.82, 2.24) is 9.97 Å². The molecule has 0 fully saturated rings. The SMILES string of the molecule is O=C(c1ccc(CO)nc1)c1ccc(F)cn1. The van der Waals surface area contributed by atoms with Gasteiger partial charge in [-0.2, -0.15) is 0 Å². The minimum atomic E-state index is -0.490. The maximum absolute atomic E-state index is 12.6. The number of carbonyl (C=O) groups is 1. The second-order valence-electron chi connectivity index (χ2n) is 3.39. The Bertz CT molecular complexity index is 523. The van der Waals surface area contributed by atoms with Gasteiger partial charge in [0.25, 0.3) is 0 Å². The van der Waals surface area contributed by atoms with Crippen molar-refractivity contribution < 1.29 is 14.3 Å². The quantitative estimate of drug-likeness (QED) is 0.811. The number of aliphatic hydroxyl groups excluding tert-OH is 1. The molecule has 2 rings (SSSR count). The summed E-state index contributed by atoms with van der Waals surface area (Å²) in [5.74, 6) is -0.822. The Morgan fingerprint density at radius 3 is 2.53 bits per heavy atom. The van der Waals surface area contributed by atoms with E-state index in [1.54, 1.807) is 12.1 Å². The summed E-state index contributed by atoms with van der Waals surface area (Å²) in [6.45, 7) is -0.177. The van der Waals surface area contributed by atoms with E-state index in [2.05, 4.69) is 9.97 Å². The third-order valence-corrected chi connectivity index (χ3v) is 2.21. The van der Waals surface area contributed by atoms with Crippen LogP contribution in [0.3, 0.4) is 0 Å². The highest BCUT2D eigenvalue weighted by atomic mass is 19.1. The van der Waals surface area contributed by atoms with Gasteiger partial charge < -0.3 is 5.11 Å². The molecule has 0 amide bonds. The topological polar surface area (TPSA) is 63.1 Å². The summed E-state index contributed by atoms with van der Waals surface area (Å²) < 4.78 is 12.6. The van der Waals surface area contributed by atoms with Crippen molar-refractivity contribution in [2.75, 3.05) is 0 Å². The second-order valence-corrected chi connectivity index (χ2v) is 3.39. The van der Waals surface area contributed by atoms with Crippen molar-refractivity contribution >= 4 is 5.78 Å². The first kappa shape index (κ1) is 11.3. The summed E-state index contributed by atoms with van der Waals surface area (Å²) in [4.78, 5) is 19.5. The van der Waals surface area contributed by atoms with Gasteiger partial charge in [-0.25, -0.2) is 9.37 Å².